The molecule has 1 rings (SSSR count). The molecule has 1 amide bonds. The Bertz CT molecular complexity index is 241. The fourth-order valence-corrected chi connectivity index (χ4v) is 1.50. The Morgan fingerprint density at radius 3 is 2.47 bits per heavy atom. The summed E-state index contributed by atoms with van der Waals surface area (Å²) in [7, 11) is 0. The summed E-state index contributed by atoms with van der Waals surface area (Å²) in [4.78, 5) is 11.7. The molecule has 0 saturated carbocycles. The van der Waals surface area contributed by atoms with Gasteiger partial charge in [0.15, 0.2) is 0 Å². The van der Waals surface area contributed by atoms with Crippen molar-refractivity contribution < 1.29 is 4.79 Å². The number of carbonyl (C=O) groups is 1. The zero-order valence-electron chi connectivity index (χ0n) is 9.72. The summed E-state index contributed by atoms with van der Waals surface area (Å²) in [5, 5.41) is 6.32. The van der Waals surface area contributed by atoms with Gasteiger partial charge < -0.3 is 10.6 Å². The monoisotopic (exact) mass is 232 g/mol. The second-order valence-electron chi connectivity index (χ2n) is 4.14. The molecule has 15 heavy (non-hydrogen) atoms. The van der Waals surface area contributed by atoms with E-state index in [2.05, 4.69) is 10.6 Å². The van der Waals surface area contributed by atoms with E-state index in [1.807, 2.05) is 20.8 Å². The third-order valence-electron chi connectivity index (χ3n) is 2.72. The normalized spacial score (nSPS) is 20.1. The first-order valence-electron chi connectivity index (χ1n) is 5.27. The Balaban J connectivity index is 0.00000196. The molecule has 0 unspecified atom stereocenters. The molecule has 0 aliphatic carbocycles. The maximum Gasteiger partial charge on any atom is 0.247 e. The minimum absolute atomic E-state index is 0. The molecule has 1 fully saturated rings. The van der Waals surface area contributed by atoms with E-state index in [1.54, 1.807) is 0 Å². The van der Waals surface area contributed by atoms with Crippen LogP contribution in [0.3, 0.4) is 0 Å². The van der Waals surface area contributed by atoms with Gasteiger partial charge in [0.05, 0.1) is 0 Å². The first kappa shape index (κ1) is 14.5. The van der Waals surface area contributed by atoms with Gasteiger partial charge in [0.25, 0.3) is 0 Å². The number of allylic oxidation sites excluding steroid dienone is 1. The van der Waals surface area contributed by atoms with Crippen molar-refractivity contribution in [2.45, 2.75) is 39.7 Å². The van der Waals surface area contributed by atoms with Crippen LogP contribution in [-0.4, -0.2) is 25.0 Å². The Kier molecular flexibility index (Phi) is 6.61. The van der Waals surface area contributed by atoms with Gasteiger partial charge in [0.1, 0.15) is 0 Å². The van der Waals surface area contributed by atoms with E-state index < -0.39 is 0 Å². The Hall–Kier alpha value is -0.540. The summed E-state index contributed by atoms with van der Waals surface area (Å²) in [6, 6.07) is 0.311. The smallest absolute Gasteiger partial charge is 0.247 e. The quantitative estimate of drug-likeness (QED) is 0.711. The highest BCUT2D eigenvalue weighted by Gasteiger charge is 2.16. The minimum Gasteiger partial charge on any atom is -0.348 e. The lowest BCUT2D eigenvalue weighted by Crippen LogP contribution is -2.45. The lowest BCUT2D eigenvalue weighted by Gasteiger charge is -2.24. The van der Waals surface area contributed by atoms with Crippen molar-refractivity contribution in [2.24, 2.45) is 0 Å². The average molecular weight is 233 g/mol. The highest BCUT2D eigenvalue weighted by Crippen LogP contribution is 2.05. The van der Waals surface area contributed by atoms with Crippen LogP contribution in [0.1, 0.15) is 33.6 Å². The summed E-state index contributed by atoms with van der Waals surface area (Å²) in [5.41, 5.74) is 1.93. The van der Waals surface area contributed by atoms with Gasteiger partial charge in [-0.1, -0.05) is 5.57 Å². The van der Waals surface area contributed by atoms with Crippen molar-refractivity contribution >= 4 is 18.3 Å². The van der Waals surface area contributed by atoms with Crippen LogP contribution in [-0.2, 0) is 4.79 Å². The maximum atomic E-state index is 11.7. The van der Waals surface area contributed by atoms with Gasteiger partial charge in [-0.2, -0.15) is 0 Å². The Labute approximate surface area is 98.1 Å². The SMILES string of the molecule is CC(C)=C(C)C(=O)N[C@H]1CCCNC1.Cl. The van der Waals surface area contributed by atoms with Gasteiger partial charge >= 0.3 is 0 Å². The van der Waals surface area contributed by atoms with E-state index in [0.29, 0.717) is 6.04 Å². The second-order valence-corrected chi connectivity index (χ2v) is 4.14. The molecule has 88 valence electrons. The molecule has 0 spiro atoms. The number of rotatable bonds is 2. The molecule has 1 saturated heterocycles. The number of hydrogen-bond acceptors (Lipinski definition) is 2. The number of nitrogens with one attached hydrogen (secondary N) is 2. The van der Waals surface area contributed by atoms with Gasteiger partial charge in [-0.3, -0.25) is 4.79 Å². The molecular formula is C11H21ClN2O. The van der Waals surface area contributed by atoms with Crippen molar-refractivity contribution in [2.75, 3.05) is 13.1 Å². The standard InChI is InChI=1S/C11H20N2O.ClH/c1-8(2)9(3)11(14)13-10-5-4-6-12-7-10;/h10,12H,4-7H2,1-3H3,(H,13,14);1H/t10-;/m0./s1. The summed E-state index contributed by atoms with van der Waals surface area (Å²) >= 11 is 0. The van der Waals surface area contributed by atoms with E-state index >= 15 is 0 Å². The van der Waals surface area contributed by atoms with E-state index in [0.717, 1.165) is 37.1 Å². The molecule has 1 aliphatic rings. The molecule has 1 aliphatic heterocycles. The van der Waals surface area contributed by atoms with Crippen LogP contribution in [0.5, 0.6) is 0 Å². The van der Waals surface area contributed by atoms with Gasteiger partial charge in [-0.05, 0) is 40.2 Å². The molecule has 1 heterocycles. The molecule has 0 aromatic rings. The predicted octanol–water partition coefficient (Wildman–Crippen LogP) is 1.63. The van der Waals surface area contributed by atoms with Crippen LogP contribution in [0, 0.1) is 0 Å². The van der Waals surface area contributed by atoms with Crippen LogP contribution in [0.15, 0.2) is 11.1 Å². The average Bonchev–Trinajstić information content (AvgIpc) is 2.18. The number of hydrogen-bond donors (Lipinski definition) is 2. The highest BCUT2D eigenvalue weighted by atomic mass is 35.5. The summed E-state index contributed by atoms with van der Waals surface area (Å²) in [5.74, 6) is 0.0821. The van der Waals surface area contributed by atoms with E-state index in [-0.39, 0.29) is 18.3 Å². The van der Waals surface area contributed by atoms with Crippen LogP contribution < -0.4 is 10.6 Å². The largest absolute Gasteiger partial charge is 0.348 e. The molecule has 0 aromatic carbocycles. The topological polar surface area (TPSA) is 41.1 Å². The number of piperidine rings is 1. The van der Waals surface area contributed by atoms with Crippen LogP contribution in [0.2, 0.25) is 0 Å². The van der Waals surface area contributed by atoms with E-state index in [1.165, 1.54) is 0 Å². The van der Waals surface area contributed by atoms with Crippen molar-refractivity contribution in [3.05, 3.63) is 11.1 Å². The van der Waals surface area contributed by atoms with Crippen LogP contribution in [0.25, 0.3) is 0 Å². The summed E-state index contributed by atoms with van der Waals surface area (Å²) in [6.45, 7) is 7.79. The molecule has 2 N–H and O–H groups in total. The summed E-state index contributed by atoms with van der Waals surface area (Å²) < 4.78 is 0. The van der Waals surface area contributed by atoms with Crippen LogP contribution in [0.4, 0.5) is 0 Å². The molecule has 0 bridgehead atoms. The highest BCUT2D eigenvalue weighted by molar-refractivity contribution is 5.93. The number of carbonyl (C=O) groups excluding carboxylic acids is 1. The second kappa shape index (κ2) is 6.85. The predicted molar refractivity (Wildman–Crippen MR) is 65.3 cm³/mol. The first-order chi connectivity index (χ1) is 6.61. The lowest BCUT2D eigenvalue weighted by atomic mass is 10.1. The van der Waals surface area contributed by atoms with E-state index in [4.69, 9.17) is 0 Å². The van der Waals surface area contributed by atoms with E-state index in [9.17, 15) is 4.79 Å². The van der Waals surface area contributed by atoms with Gasteiger partial charge in [-0.25, -0.2) is 0 Å². The third kappa shape index (κ3) is 4.67. The van der Waals surface area contributed by atoms with Gasteiger partial charge in [0.2, 0.25) is 5.91 Å². The molecule has 3 nitrogen and oxygen atoms in total. The van der Waals surface area contributed by atoms with Crippen molar-refractivity contribution in [1.82, 2.24) is 10.6 Å². The Morgan fingerprint density at radius 2 is 2.00 bits per heavy atom. The van der Waals surface area contributed by atoms with Crippen molar-refractivity contribution in [1.29, 1.82) is 0 Å². The third-order valence-corrected chi connectivity index (χ3v) is 2.72. The number of amides is 1. The van der Waals surface area contributed by atoms with Gasteiger partial charge in [-0.15, -0.1) is 12.4 Å². The fourth-order valence-electron chi connectivity index (χ4n) is 1.50. The van der Waals surface area contributed by atoms with Crippen LogP contribution >= 0.6 is 12.4 Å². The Morgan fingerprint density at radius 1 is 1.33 bits per heavy atom. The molecular weight excluding hydrogens is 212 g/mol. The fraction of sp³-hybridized carbons (Fsp3) is 0.727. The molecule has 0 aromatic heterocycles. The van der Waals surface area contributed by atoms with Crippen molar-refractivity contribution in [3.63, 3.8) is 0 Å². The molecule has 1 atom stereocenters. The maximum absolute atomic E-state index is 11.7. The molecule has 4 heteroatoms. The first-order valence-corrected chi connectivity index (χ1v) is 5.27. The lowest BCUT2D eigenvalue weighted by molar-refractivity contribution is -0.118. The zero-order chi connectivity index (χ0) is 10.6. The van der Waals surface area contributed by atoms with Crippen molar-refractivity contribution in [3.8, 4) is 0 Å². The van der Waals surface area contributed by atoms with Gasteiger partial charge in [0, 0.05) is 18.2 Å². The minimum atomic E-state index is 0. The zero-order valence-corrected chi connectivity index (χ0v) is 10.5. The number of halogens is 1. The summed E-state index contributed by atoms with van der Waals surface area (Å²) in [6.07, 6.45) is 2.24. The molecule has 0 radical (unpaired) electrons.